The standard InChI is InChI=1S/C30H32O4/c31-29(32)13-7-4-10-24(22-25-16-20-28(21-17-25)30(33)34)15-19-27-12-6-5-11-26(27)18-14-23-8-2-1-3-9-23/h1-3,5-6,8-9,11-12,15-17,19-21,24H,4,7,10,13-14,18,22H2,(H,31,32)(H,33,34). The van der Waals surface area contributed by atoms with Gasteiger partial charge in [0.25, 0.3) is 0 Å². The van der Waals surface area contributed by atoms with Gasteiger partial charge in [0.15, 0.2) is 0 Å². The van der Waals surface area contributed by atoms with Crippen molar-refractivity contribution in [3.8, 4) is 0 Å². The first-order valence-electron chi connectivity index (χ1n) is 11.9. The largest absolute Gasteiger partial charge is 0.481 e. The van der Waals surface area contributed by atoms with E-state index in [0.717, 1.165) is 37.7 Å². The van der Waals surface area contributed by atoms with Crippen molar-refractivity contribution in [3.63, 3.8) is 0 Å². The molecule has 1 unspecified atom stereocenters. The summed E-state index contributed by atoms with van der Waals surface area (Å²) in [4.78, 5) is 22.0. The lowest BCUT2D eigenvalue weighted by atomic mass is 9.91. The number of aliphatic carboxylic acids is 1. The third-order valence-corrected chi connectivity index (χ3v) is 6.04. The summed E-state index contributed by atoms with van der Waals surface area (Å²) in [5, 5.41) is 18.1. The molecule has 0 fully saturated rings. The molecule has 2 N–H and O–H groups in total. The number of carboxylic acid groups (broad SMARTS) is 2. The summed E-state index contributed by atoms with van der Waals surface area (Å²) in [5.41, 5.74) is 5.19. The zero-order valence-electron chi connectivity index (χ0n) is 19.4. The van der Waals surface area contributed by atoms with Crippen LogP contribution in [0.3, 0.4) is 0 Å². The van der Waals surface area contributed by atoms with Crippen molar-refractivity contribution >= 4 is 18.0 Å². The molecule has 0 aliphatic heterocycles. The van der Waals surface area contributed by atoms with E-state index in [9.17, 15) is 9.59 Å². The zero-order valence-corrected chi connectivity index (χ0v) is 19.4. The fraction of sp³-hybridized carbons (Fsp3) is 0.267. The van der Waals surface area contributed by atoms with Gasteiger partial charge in [-0.05, 0) is 72.4 Å². The third-order valence-electron chi connectivity index (χ3n) is 6.04. The SMILES string of the molecule is O=C(O)CCCCC(C=Cc1ccccc1CCc1ccccc1)Cc1ccc(C(=O)O)cc1. The van der Waals surface area contributed by atoms with Crippen LogP contribution in [0, 0.1) is 5.92 Å². The summed E-state index contributed by atoms with van der Waals surface area (Å²) in [6, 6.07) is 25.9. The Morgan fingerprint density at radius 3 is 2.18 bits per heavy atom. The van der Waals surface area contributed by atoms with Crippen LogP contribution in [0.1, 0.15) is 58.3 Å². The number of allylic oxidation sites excluding steroid dienone is 1. The summed E-state index contributed by atoms with van der Waals surface area (Å²) in [5.74, 6) is -1.45. The van der Waals surface area contributed by atoms with E-state index in [1.165, 1.54) is 16.7 Å². The molecule has 4 heteroatoms. The summed E-state index contributed by atoms with van der Waals surface area (Å²) < 4.78 is 0. The minimum absolute atomic E-state index is 0.187. The van der Waals surface area contributed by atoms with Crippen LogP contribution in [0.5, 0.6) is 0 Å². The summed E-state index contributed by atoms with van der Waals surface area (Å²) in [6.07, 6.45) is 9.72. The quantitative estimate of drug-likeness (QED) is 0.281. The molecule has 0 amide bonds. The Morgan fingerprint density at radius 2 is 1.47 bits per heavy atom. The fourth-order valence-electron chi connectivity index (χ4n) is 4.12. The Bertz CT molecular complexity index is 1080. The molecule has 0 spiro atoms. The van der Waals surface area contributed by atoms with Crippen LogP contribution in [-0.2, 0) is 24.1 Å². The molecule has 0 heterocycles. The van der Waals surface area contributed by atoms with Gasteiger partial charge < -0.3 is 10.2 Å². The Morgan fingerprint density at radius 1 is 0.765 bits per heavy atom. The molecule has 1 atom stereocenters. The fourth-order valence-corrected chi connectivity index (χ4v) is 4.12. The first-order valence-corrected chi connectivity index (χ1v) is 11.9. The molecule has 0 saturated heterocycles. The van der Waals surface area contributed by atoms with Crippen LogP contribution in [0.15, 0.2) is 84.9 Å². The molecule has 0 aromatic heterocycles. The highest BCUT2D eigenvalue weighted by Gasteiger charge is 2.10. The van der Waals surface area contributed by atoms with Gasteiger partial charge in [-0.1, -0.05) is 85.3 Å². The van der Waals surface area contributed by atoms with Crippen LogP contribution < -0.4 is 0 Å². The van der Waals surface area contributed by atoms with E-state index in [0.29, 0.717) is 6.42 Å². The average molecular weight is 457 g/mol. The molecular weight excluding hydrogens is 424 g/mol. The first-order chi connectivity index (χ1) is 16.5. The van der Waals surface area contributed by atoms with Gasteiger partial charge in [-0.3, -0.25) is 4.79 Å². The smallest absolute Gasteiger partial charge is 0.335 e. The van der Waals surface area contributed by atoms with E-state index in [-0.39, 0.29) is 17.9 Å². The van der Waals surface area contributed by atoms with Gasteiger partial charge in [0.2, 0.25) is 0 Å². The monoisotopic (exact) mass is 456 g/mol. The molecule has 3 rings (SSSR count). The van der Waals surface area contributed by atoms with Crippen molar-refractivity contribution in [2.45, 2.75) is 44.9 Å². The summed E-state index contributed by atoms with van der Waals surface area (Å²) in [7, 11) is 0. The van der Waals surface area contributed by atoms with Gasteiger partial charge in [-0.25, -0.2) is 4.79 Å². The van der Waals surface area contributed by atoms with E-state index < -0.39 is 11.9 Å². The highest BCUT2D eigenvalue weighted by Crippen LogP contribution is 2.21. The van der Waals surface area contributed by atoms with Crippen molar-refractivity contribution < 1.29 is 19.8 Å². The Kier molecular flexibility index (Phi) is 9.65. The van der Waals surface area contributed by atoms with Gasteiger partial charge in [0, 0.05) is 6.42 Å². The van der Waals surface area contributed by atoms with Crippen molar-refractivity contribution in [2.24, 2.45) is 5.92 Å². The topological polar surface area (TPSA) is 74.6 Å². The Balaban J connectivity index is 1.70. The predicted octanol–water partition coefficient (Wildman–Crippen LogP) is 6.69. The number of aryl methyl sites for hydroxylation is 2. The minimum Gasteiger partial charge on any atom is -0.481 e. The highest BCUT2D eigenvalue weighted by molar-refractivity contribution is 5.87. The van der Waals surface area contributed by atoms with Crippen LogP contribution in [0.2, 0.25) is 0 Å². The Labute approximate surface area is 201 Å². The van der Waals surface area contributed by atoms with Crippen molar-refractivity contribution in [1.29, 1.82) is 0 Å². The molecule has 3 aromatic rings. The number of carboxylic acids is 2. The number of hydrogen-bond donors (Lipinski definition) is 2. The van der Waals surface area contributed by atoms with E-state index in [4.69, 9.17) is 10.2 Å². The van der Waals surface area contributed by atoms with Crippen LogP contribution >= 0.6 is 0 Å². The third kappa shape index (κ3) is 8.36. The minimum atomic E-state index is -0.927. The molecule has 0 aliphatic carbocycles. The van der Waals surface area contributed by atoms with Crippen molar-refractivity contribution in [1.82, 2.24) is 0 Å². The number of benzene rings is 3. The maximum Gasteiger partial charge on any atom is 0.335 e. The van der Waals surface area contributed by atoms with E-state index in [1.807, 2.05) is 18.2 Å². The Hall–Kier alpha value is -3.66. The number of carbonyl (C=O) groups is 2. The second-order valence-corrected chi connectivity index (χ2v) is 8.65. The number of hydrogen-bond acceptors (Lipinski definition) is 2. The van der Waals surface area contributed by atoms with Crippen LogP contribution in [-0.4, -0.2) is 22.2 Å². The predicted molar refractivity (Wildman–Crippen MR) is 136 cm³/mol. The number of unbranched alkanes of at least 4 members (excludes halogenated alkanes) is 1. The van der Waals surface area contributed by atoms with Gasteiger partial charge in [0.05, 0.1) is 5.56 Å². The zero-order chi connectivity index (χ0) is 24.2. The van der Waals surface area contributed by atoms with Crippen LogP contribution in [0.4, 0.5) is 0 Å². The lowest BCUT2D eigenvalue weighted by Gasteiger charge is -2.14. The molecule has 176 valence electrons. The van der Waals surface area contributed by atoms with Gasteiger partial charge in [0.1, 0.15) is 0 Å². The molecule has 34 heavy (non-hydrogen) atoms. The van der Waals surface area contributed by atoms with E-state index in [2.05, 4.69) is 60.7 Å². The second kappa shape index (κ2) is 13.1. The number of aromatic carboxylic acids is 1. The maximum absolute atomic E-state index is 11.1. The highest BCUT2D eigenvalue weighted by atomic mass is 16.4. The molecule has 4 nitrogen and oxygen atoms in total. The molecule has 0 radical (unpaired) electrons. The van der Waals surface area contributed by atoms with Gasteiger partial charge in [-0.15, -0.1) is 0 Å². The van der Waals surface area contributed by atoms with Crippen molar-refractivity contribution in [2.75, 3.05) is 0 Å². The molecule has 3 aromatic carbocycles. The lowest BCUT2D eigenvalue weighted by molar-refractivity contribution is -0.137. The van der Waals surface area contributed by atoms with E-state index >= 15 is 0 Å². The normalized spacial score (nSPS) is 12.0. The first kappa shape index (κ1) is 25.0. The van der Waals surface area contributed by atoms with Gasteiger partial charge in [-0.2, -0.15) is 0 Å². The molecule has 0 aliphatic rings. The number of rotatable bonds is 13. The molecular formula is C30H32O4. The summed E-state index contributed by atoms with van der Waals surface area (Å²) in [6.45, 7) is 0. The molecule has 0 bridgehead atoms. The summed E-state index contributed by atoms with van der Waals surface area (Å²) >= 11 is 0. The lowest BCUT2D eigenvalue weighted by Crippen LogP contribution is -2.04. The van der Waals surface area contributed by atoms with Gasteiger partial charge >= 0.3 is 11.9 Å². The van der Waals surface area contributed by atoms with Crippen LogP contribution in [0.25, 0.3) is 6.08 Å². The van der Waals surface area contributed by atoms with E-state index in [1.54, 1.807) is 12.1 Å². The maximum atomic E-state index is 11.1. The second-order valence-electron chi connectivity index (χ2n) is 8.65. The average Bonchev–Trinajstić information content (AvgIpc) is 2.85. The van der Waals surface area contributed by atoms with Crippen molar-refractivity contribution in [3.05, 3.63) is 113 Å². The molecule has 0 saturated carbocycles.